The van der Waals surface area contributed by atoms with Gasteiger partial charge in [0.25, 0.3) is 0 Å². The highest BCUT2D eigenvalue weighted by Crippen LogP contribution is 2.46. The summed E-state index contributed by atoms with van der Waals surface area (Å²) in [6.07, 6.45) is 7.20. The van der Waals surface area contributed by atoms with E-state index in [1.165, 1.54) is 0 Å². The van der Waals surface area contributed by atoms with Gasteiger partial charge in [-0.05, 0) is 67.6 Å². The predicted molar refractivity (Wildman–Crippen MR) is 139 cm³/mol. The maximum Gasteiger partial charge on any atom is 0.376 e. The normalized spacial score (nSPS) is 21.4. The third kappa shape index (κ3) is 3.89. The summed E-state index contributed by atoms with van der Waals surface area (Å²) in [7, 11) is -2.45. The molecule has 0 radical (unpaired) electrons. The molecule has 0 spiro atoms. The molecule has 1 aliphatic rings. The molecule has 1 saturated heterocycles. The topological polar surface area (TPSA) is 61.5 Å². The lowest BCUT2D eigenvalue weighted by Crippen LogP contribution is -2.54. The molecular weight excluding hydrogens is 413 g/mol. The first-order valence-electron chi connectivity index (χ1n) is 12.6. The highest BCUT2D eigenvalue weighted by molar-refractivity contribution is 6.82. The number of fused-ring (bicyclic) bond motifs is 1. The number of pyridine rings is 1. The second kappa shape index (κ2) is 9.61. The summed E-state index contributed by atoms with van der Waals surface area (Å²) in [5.74, 6) is 0. The molecule has 2 atom stereocenters. The third-order valence-electron chi connectivity index (χ3n) is 8.28. The van der Waals surface area contributed by atoms with Gasteiger partial charge in [-0.2, -0.15) is 0 Å². The van der Waals surface area contributed by atoms with Crippen molar-refractivity contribution in [1.29, 1.82) is 0 Å². The van der Waals surface area contributed by atoms with Gasteiger partial charge in [0.05, 0.1) is 6.10 Å². The van der Waals surface area contributed by atoms with Crippen molar-refractivity contribution in [3.63, 3.8) is 0 Å². The standard InChI is InChI=1S/C25H44BN3O2Si/c1-9-12-25(13-10-14-29(25)26(8)31)23(30)22-16-21-11-15-28(24(21)27-17-22)32(18(2)3,19(4)5)20(6)7/h11,15-20,23,30-31H,9-10,12-14H2,1-8H3. The molecule has 0 saturated carbocycles. The second-order valence-electron chi connectivity index (χ2n) is 10.9. The summed E-state index contributed by atoms with van der Waals surface area (Å²) < 4.78 is 2.53. The van der Waals surface area contributed by atoms with E-state index < -0.39 is 26.9 Å². The number of aliphatic hydroxyl groups is 1. The summed E-state index contributed by atoms with van der Waals surface area (Å²) in [5, 5.41) is 23.2. The fourth-order valence-corrected chi connectivity index (χ4v) is 13.8. The molecule has 0 bridgehead atoms. The molecule has 2 aromatic rings. The lowest BCUT2D eigenvalue weighted by molar-refractivity contribution is 0.0143. The minimum atomic E-state index is -1.89. The maximum atomic E-state index is 11.6. The Morgan fingerprint density at radius 2 is 1.78 bits per heavy atom. The summed E-state index contributed by atoms with van der Waals surface area (Å²) in [6, 6.07) is 4.32. The van der Waals surface area contributed by atoms with E-state index in [2.05, 4.69) is 75.8 Å². The van der Waals surface area contributed by atoms with Crippen molar-refractivity contribution >= 4 is 26.3 Å². The average molecular weight is 458 g/mol. The number of aliphatic hydroxyl groups excluding tert-OH is 1. The van der Waals surface area contributed by atoms with Gasteiger partial charge in [0.1, 0.15) is 5.65 Å². The summed E-state index contributed by atoms with van der Waals surface area (Å²) in [4.78, 5) is 7.07. The van der Waals surface area contributed by atoms with Crippen molar-refractivity contribution < 1.29 is 10.1 Å². The molecule has 1 fully saturated rings. The molecule has 0 amide bonds. The smallest absolute Gasteiger partial charge is 0.376 e. The van der Waals surface area contributed by atoms with Gasteiger partial charge < -0.3 is 19.2 Å². The van der Waals surface area contributed by atoms with Crippen molar-refractivity contribution in [3.8, 4) is 0 Å². The first kappa shape index (κ1) is 25.5. The van der Waals surface area contributed by atoms with Crippen LogP contribution in [-0.2, 0) is 0 Å². The average Bonchev–Trinajstić information content (AvgIpc) is 3.32. The Balaban J connectivity index is 2.09. The minimum absolute atomic E-state index is 0.423. The van der Waals surface area contributed by atoms with Crippen LogP contribution in [0.25, 0.3) is 11.0 Å². The molecule has 3 heterocycles. The van der Waals surface area contributed by atoms with Gasteiger partial charge in [-0.15, -0.1) is 0 Å². The van der Waals surface area contributed by atoms with Crippen molar-refractivity contribution in [2.45, 2.75) is 109 Å². The first-order chi connectivity index (χ1) is 15.0. The first-order valence-corrected chi connectivity index (χ1v) is 14.8. The number of rotatable bonds is 9. The zero-order chi connectivity index (χ0) is 23.8. The molecule has 32 heavy (non-hydrogen) atoms. The number of hydrogen-bond donors (Lipinski definition) is 2. The van der Waals surface area contributed by atoms with Crippen LogP contribution >= 0.6 is 0 Å². The van der Waals surface area contributed by atoms with Crippen LogP contribution in [0.1, 0.15) is 85.8 Å². The Bertz CT molecular complexity index is 892. The van der Waals surface area contributed by atoms with Crippen LogP contribution in [0.15, 0.2) is 24.5 Å². The van der Waals surface area contributed by atoms with Crippen LogP contribution < -0.4 is 0 Å². The van der Waals surface area contributed by atoms with Crippen LogP contribution in [-0.4, -0.2) is 51.5 Å². The third-order valence-corrected chi connectivity index (χ3v) is 15.0. The van der Waals surface area contributed by atoms with Crippen LogP contribution in [0.5, 0.6) is 0 Å². The van der Waals surface area contributed by atoms with Gasteiger partial charge in [-0.1, -0.05) is 54.9 Å². The van der Waals surface area contributed by atoms with Gasteiger partial charge in [-0.25, -0.2) is 4.98 Å². The minimum Gasteiger partial charge on any atom is -0.437 e. The Hall–Kier alpha value is -1.15. The van der Waals surface area contributed by atoms with Crippen LogP contribution in [0.3, 0.4) is 0 Å². The van der Waals surface area contributed by atoms with Crippen molar-refractivity contribution in [2.24, 2.45) is 0 Å². The van der Waals surface area contributed by atoms with Gasteiger partial charge in [-0.3, -0.25) is 0 Å². The van der Waals surface area contributed by atoms with Gasteiger partial charge in [0.15, 0.2) is 8.24 Å². The molecule has 2 unspecified atom stereocenters. The van der Waals surface area contributed by atoms with E-state index in [0.717, 1.165) is 48.8 Å². The SMILES string of the molecule is CCCC1(C(O)c2cnc3c(ccn3[Si](C(C)C)(C(C)C)C(C)C)c2)CCCN1B(C)O. The van der Waals surface area contributed by atoms with Gasteiger partial charge in [0.2, 0.25) is 0 Å². The zero-order valence-corrected chi connectivity index (χ0v) is 22.5. The lowest BCUT2D eigenvalue weighted by Gasteiger charge is -2.44. The Labute approximate surface area is 196 Å². The van der Waals surface area contributed by atoms with E-state index in [4.69, 9.17) is 4.98 Å². The molecule has 0 aromatic carbocycles. The van der Waals surface area contributed by atoms with Gasteiger partial charge in [0, 0.05) is 22.7 Å². The van der Waals surface area contributed by atoms with E-state index in [1.807, 2.05) is 13.0 Å². The monoisotopic (exact) mass is 457 g/mol. The molecule has 1 aliphatic heterocycles. The number of nitrogens with zero attached hydrogens (tertiary/aromatic N) is 3. The van der Waals surface area contributed by atoms with Crippen molar-refractivity contribution in [2.75, 3.05) is 6.54 Å². The van der Waals surface area contributed by atoms with Crippen LogP contribution in [0.4, 0.5) is 0 Å². The Morgan fingerprint density at radius 1 is 1.16 bits per heavy atom. The molecule has 7 heteroatoms. The summed E-state index contributed by atoms with van der Waals surface area (Å²) in [6.45, 7) is 19.0. The van der Waals surface area contributed by atoms with E-state index in [1.54, 1.807) is 0 Å². The van der Waals surface area contributed by atoms with E-state index in [9.17, 15) is 10.1 Å². The highest BCUT2D eigenvalue weighted by atomic mass is 28.3. The highest BCUT2D eigenvalue weighted by Gasteiger charge is 2.49. The van der Waals surface area contributed by atoms with E-state index in [0.29, 0.717) is 16.6 Å². The molecule has 2 aromatic heterocycles. The molecule has 0 aliphatic carbocycles. The zero-order valence-electron chi connectivity index (χ0n) is 21.5. The molecular formula is C25H44BN3O2Si. The van der Waals surface area contributed by atoms with Crippen LogP contribution in [0, 0.1) is 0 Å². The molecule has 2 N–H and O–H groups in total. The fourth-order valence-electron chi connectivity index (χ4n) is 7.26. The fraction of sp³-hybridized carbons (Fsp3) is 0.720. The Kier molecular flexibility index (Phi) is 7.65. The molecule has 5 nitrogen and oxygen atoms in total. The maximum absolute atomic E-state index is 11.6. The van der Waals surface area contributed by atoms with E-state index in [-0.39, 0.29) is 0 Å². The van der Waals surface area contributed by atoms with Crippen molar-refractivity contribution in [1.82, 2.24) is 14.0 Å². The van der Waals surface area contributed by atoms with E-state index >= 15 is 0 Å². The summed E-state index contributed by atoms with van der Waals surface area (Å²) >= 11 is 0. The van der Waals surface area contributed by atoms with Crippen molar-refractivity contribution in [3.05, 3.63) is 30.1 Å². The summed E-state index contributed by atoms with van der Waals surface area (Å²) in [5.41, 5.74) is 3.27. The quantitative estimate of drug-likeness (QED) is 0.465. The van der Waals surface area contributed by atoms with Gasteiger partial charge >= 0.3 is 7.05 Å². The largest absolute Gasteiger partial charge is 0.437 e. The number of hydrogen-bond acceptors (Lipinski definition) is 4. The molecule has 178 valence electrons. The number of aromatic nitrogens is 2. The predicted octanol–water partition coefficient (Wildman–Crippen LogP) is 5.84. The lowest BCUT2D eigenvalue weighted by atomic mass is 9.73. The molecule has 3 rings (SSSR count). The second-order valence-corrected chi connectivity index (χ2v) is 16.6. The van der Waals surface area contributed by atoms with Crippen LogP contribution in [0.2, 0.25) is 23.4 Å². The Morgan fingerprint density at radius 3 is 2.31 bits per heavy atom.